The summed E-state index contributed by atoms with van der Waals surface area (Å²) in [4.78, 5) is 29.8. The standard InChI is InChI=1S/C20H21F3N4O2/c1-12(2)7-8-27-11-18(28)26-15-9-13(3-5-16(15)27)19(29)25-14-4-6-17(24-10-14)20(21,22)23/h3-6,9-10,12H,7-8,11H2,1-2H3,(H,25,29)(H,26,28). The average Bonchev–Trinajstić information content (AvgIpc) is 2.65. The number of aromatic nitrogens is 1. The maximum absolute atomic E-state index is 12.6. The van der Waals surface area contributed by atoms with Crippen molar-refractivity contribution in [3.05, 3.63) is 47.8 Å². The zero-order valence-corrected chi connectivity index (χ0v) is 16.0. The zero-order chi connectivity index (χ0) is 21.2. The van der Waals surface area contributed by atoms with Crippen LogP contribution in [-0.2, 0) is 11.0 Å². The SMILES string of the molecule is CC(C)CCN1CC(=O)Nc2cc(C(=O)Nc3ccc(C(F)(F)F)nc3)ccc21. The van der Waals surface area contributed by atoms with Crippen LogP contribution in [0.1, 0.15) is 36.3 Å². The van der Waals surface area contributed by atoms with Crippen molar-refractivity contribution in [2.45, 2.75) is 26.4 Å². The molecule has 1 aliphatic rings. The van der Waals surface area contributed by atoms with Gasteiger partial charge in [0.05, 0.1) is 29.8 Å². The lowest BCUT2D eigenvalue weighted by Gasteiger charge is -2.31. The number of nitrogens with one attached hydrogen (secondary N) is 2. The Kier molecular flexibility index (Phi) is 5.76. The predicted octanol–water partition coefficient (Wildman–Crippen LogP) is 4.16. The van der Waals surface area contributed by atoms with Gasteiger partial charge in [0.25, 0.3) is 5.91 Å². The molecule has 1 aliphatic heterocycles. The summed E-state index contributed by atoms with van der Waals surface area (Å²) in [6, 6.07) is 6.87. The molecule has 9 heteroatoms. The maximum Gasteiger partial charge on any atom is 0.433 e. The molecule has 2 heterocycles. The molecule has 0 atom stereocenters. The van der Waals surface area contributed by atoms with Gasteiger partial charge in [-0.15, -0.1) is 0 Å². The number of carbonyl (C=O) groups excluding carboxylic acids is 2. The number of amides is 2. The molecule has 0 fully saturated rings. The summed E-state index contributed by atoms with van der Waals surface area (Å²) in [5.74, 6) is -0.181. The number of halogens is 3. The number of anilines is 3. The Balaban J connectivity index is 1.75. The largest absolute Gasteiger partial charge is 0.433 e. The van der Waals surface area contributed by atoms with Crippen LogP contribution < -0.4 is 15.5 Å². The Morgan fingerprint density at radius 2 is 2.03 bits per heavy atom. The number of pyridine rings is 1. The van der Waals surface area contributed by atoms with E-state index in [1.165, 1.54) is 0 Å². The second kappa shape index (κ2) is 8.10. The Bertz CT molecular complexity index is 911. The molecular formula is C20H21F3N4O2. The molecule has 0 spiro atoms. The first-order valence-electron chi connectivity index (χ1n) is 9.17. The molecule has 0 radical (unpaired) electrons. The third-order valence-electron chi connectivity index (χ3n) is 4.50. The van der Waals surface area contributed by atoms with E-state index in [0.717, 1.165) is 37.0 Å². The van der Waals surface area contributed by atoms with Crippen LogP contribution in [0, 0.1) is 5.92 Å². The molecular weight excluding hydrogens is 385 g/mol. The van der Waals surface area contributed by atoms with Gasteiger partial charge in [0.15, 0.2) is 0 Å². The van der Waals surface area contributed by atoms with Gasteiger partial charge in [-0.2, -0.15) is 13.2 Å². The normalized spacial score (nSPS) is 13.9. The molecule has 0 aliphatic carbocycles. The second-order valence-corrected chi connectivity index (χ2v) is 7.27. The van der Waals surface area contributed by atoms with Crippen molar-refractivity contribution in [2.75, 3.05) is 28.6 Å². The first kappa shape index (κ1) is 20.6. The van der Waals surface area contributed by atoms with E-state index in [2.05, 4.69) is 29.5 Å². The lowest BCUT2D eigenvalue weighted by Crippen LogP contribution is -2.39. The van der Waals surface area contributed by atoms with Crippen molar-refractivity contribution in [1.82, 2.24) is 4.98 Å². The van der Waals surface area contributed by atoms with Crippen LogP contribution in [0.15, 0.2) is 36.5 Å². The van der Waals surface area contributed by atoms with Crippen molar-refractivity contribution in [2.24, 2.45) is 5.92 Å². The first-order chi connectivity index (χ1) is 13.6. The highest BCUT2D eigenvalue weighted by atomic mass is 19.4. The molecule has 0 unspecified atom stereocenters. The number of hydrogen-bond acceptors (Lipinski definition) is 4. The summed E-state index contributed by atoms with van der Waals surface area (Å²) in [7, 11) is 0. The Morgan fingerprint density at radius 1 is 1.28 bits per heavy atom. The molecule has 0 saturated carbocycles. The highest BCUT2D eigenvalue weighted by Gasteiger charge is 2.32. The molecule has 1 aromatic carbocycles. The van der Waals surface area contributed by atoms with Crippen molar-refractivity contribution in [1.29, 1.82) is 0 Å². The van der Waals surface area contributed by atoms with Crippen molar-refractivity contribution < 1.29 is 22.8 Å². The summed E-state index contributed by atoms with van der Waals surface area (Å²) >= 11 is 0. The van der Waals surface area contributed by atoms with Crippen LogP contribution in [0.5, 0.6) is 0 Å². The summed E-state index contributed by atoms with van der Waals surface area (Å²) in [6.45, 7) is 5.19. The van der Waals surface area contributed by atoms with Crippen LogP contribution in [0.2, 0.25) is 0 Å². The van der Waals surface area contributed by atoms with Gasteiger partial charge in [0, 0.05) is 12.1 Å². The van der Waals surface area contributed by atoms with Crippen LogP contribution >= 0.6 is 0 Å². The molecule has 0 bridgehead atoms. The van der Waals surface area contributed by atoms with Gasteiger partial charge >= 0.3 is 6.18 Å². The molecule has 2 amide bonds. The van der Waals surface area contributed by atoms with Crippen molar-refractivity contribution >= 4 is 28.9 Å². The van der Waals surface area contributed by atoms with Gasteiger partial charge in [-0.25, -0.2) is 4.98 Å². The van der Waals surface area contributed by atoms with Gasteiger partial charge in [0.2, 0.25) is 5.91 Å². The van der Waals surface area contributed by atoms with E-state index in [4.69, 9.17) is 0 Å². The highest BCUT2D eigenvalue weighted by Crippen LogP contribution is 2.31. The fraction of sp³-hybridized carbons (Fsp3) is 0.350. The van der Waals surface area contributed by atoms with Crippen molar-refractivity contribution in [3.63, 3.8) is 0 Å². The van der Waals surface area contributed by atoms with E-state index >= 15 is 0 Å². The fourth-order valence-corrected chi connectivity index (χ4v) is 2.95. The maximum atomic E-state index is 12.6. The average molecular weight is 406 g/mol. The Labute approximate surface area is 166 Å². The van der Waals surface area contributed by atoms with E-state index < -0.39 is 17.8 Å². The molecule has 29 heavy (non-hydrogen) atoms. The van der Waals surface area contributed by atoms with E-state index in [9.17, 15) is 22.8 Å². The number of hydrogen-bond donors (Lipinski definition) is 2. The van der Waals surface area contributed by atoms with E-state index in [0.29, 0.717) is 11.6 Å². The summed E-state index contributed by atoms with van der Waals surface area (Å²) in [5, 5.41) is 5.27. The fourth-order valence-electron chi connectivity index (χ4n) is 2.95. The Morgan fingerprint density at radius 3 is 2.66 bits per heavy atom. The smallest absolute Gasteiger partial charge is 0.361 e. The number of rotatable bonds is 5. The molecule has 154 valence electrons. The third kappa shape index (κ3) is 5.04. The van der Waals surface area contributed by atoms with Crippen LogP contribution in [0.3, 0.4) is 0 Å². The molecule has 3 rings (SSSR count). The molecule has 2 N–H and O–H groups in total. The van der Waals surface area contributed by atoms with E-state index in [1.807, 2.05) is 4.90 Å². The van der Waals surface area contributed by atoms with E-state index in [-0.39, 0.29) is 23.7 Å². The lowest BCUT2D eigenvalue weighted by atomic mass is 10.1. The minimum atomic E-state index is -4.54. The number of fused-ring (bicyclic) bond motifs is 1. The monoisotopic (exact) mass is 406 g/mol. The van der Waals surface area contributed by atoms with Gasteiger partial charge in [0.1, 0.15) is 5.69 Å². The number of carbonyl (C=O) groups is 2. The van der Waals surface area contributed by atoms with Gasteiger partial charge in [-0.05, 0) is 42.7 Å². The van der Waals surface area contributed by atoms with Gasteiger partial charge in [-0.3, -0.25) is 9.59 Å². The minimum Gasteiger partial charge on any atom is -0.361 e. The van der Waals surface area contributed by atoms with Crippen LogP contribution in [0.4, 0.5) is 30.2 Å². The van der Waals surface area contributed by atoms with Gasteiger partial charge in [-0.1, -0.05) is 13.8 Å². The first-order valence-corrected chi connectivity index (χ1v) is 9.17. The molecule has 0 saturated heterocycles. The molecule has 1 aromatic heterocycles. The zero-order valence-electron chi connectivity index (χ0n) is 16.0. The Hall–Kier alpha value is -3.10. The van der Waals surface area contributed by atoms with Crippen LogP contribution in [-0.4, -0.2) is 29.9 Å². The summed E-state index contributed by atoms with van der Waals surface area (Å²) in [6.07, 6.45) is -2.66. The number of nitrogens with zero attached hydrogens (tertiary/aromatic N) is 2. The minimum absolute atomic E-state index is 0.142. The quantitative estimate of drug-likeness (QED) is 0.782. The summed E-state index contributed by atoms with van der Waals surface area (Å²) in [5.41, 5.74) is 0.743. The third-order valence-corrected chi connectivity index (χ3v) is 4.50. The lowest BCUT2D eigenvalue weighted by molar-refractivity contribution is -0.141. The van der Waals surface area contributed by atoms with Crippen LogP contribution in [0.25, 0.3) is 0 Å². The topological polar surface area (TPSA) is 74.3 Å². The molecule has 6 nitrogen and oxygen atoms in total. The predicted molar refractivity (Wildman–Crippen MR) is 104 cm³/mol. The highest BCUT2D eigenvalue weighted by molar-refractivity contribution is 6.07. The number of benzene rings is 1. The summed E-state index contributed by atoms with van der Waals surface area (Å²) < 4.78 is 37.7. The van der Waals surface area contributed by atoms with E-state index in [1.54, 1.807) is 18.2 Å². The van der Waals surface area contributed by atoms with Crippen molar-refractivity contribution in [3.8, 4) is 0 Å². The molecule has 2 aromatic rings. The number of alkyl halides is 3. The second-order valence-electron chi connectivity index (χ2n) is 7.27. The van der Waals surface area contributed by atoms with Gasteiger partial charge < -0.3 is 15.5 Å².